The third-order valence-electron chi connectivity index (χ3n) is 8.07. The molecule has 2 N–H and O–H groups in total. The van der Waals surface area contributed by atoms with Crippen molar-refractivity contribution in [2.24, 2.45) is 7.05 Å². The van der Waals surface area contributed by atoms with Crippen LogP contribution in [0.3, 0.4) is 0 Å². The van der Waals surface area contributed by atoms with Gasteiger partial charge in [-0.1, -0.05) is 6.07 Å². The second-order valence-corrected chi connectivity index (χ2v) is 12.8. The lowest BCUT2D eigenvalue weighted by atomic mass is 10.1. The minimum atomic E-state index is -0.665. The number of carbonyl (C=O) groups is 3. The van der Waals surface area contributed by atoms with Crippen molar-refractivity contribution in [3.05, 3.63) is 47.8 Å². The molecule has 1 aromatic carbocycles. The van der Waals surface area contributed by atoms with Gasteiger partial charge in [0.15, 0.2) is 0 Å². The van der Waals surface area contributed by atoms with Crippen LogP contribution in [0.15, 0.2) is 36.5 Å². The van der Waals surface area contributed by atoms with Gasteiger partial charge in [-0.2, -0.15) is 5.10 Å². The van der Waals surface area contributed by atoms with Crippen molar-refractivity contribution in [3.8, 4) is 17.1 Å². The summed E-state index contributed by atoms with van der Waals surface area (Å²) >= 11 is 0. The van der Waals surface area contributed by atoms with Crippen LogP contribution in [0.25, 0.3) is 22.3 Å². The molecule has 5 heterocycles. The van der Waals surface area contributed by atoms with Gasteiger partial charge in [0, 0.05) is 31.4 Å². The molecule has 2 aliphatic rings. The van der Waals surface area contributed by atoms with Gasteiger partial charge in [0.1, 0.15) is 11.6 Å². The lowest BCUT2D eigenvalue weighted by Crippen LogP contribution is -2.45. The first-order valence-electron chi connectivity index (χ1n) is 15.7. The fourth-order valence-electron chi connectivity index (χ4n) is 6.00. The molecule has 13 heteroatoms. The monoisotopic (exact) mass is 628 g/mol. The largest absolute Gasteiger partial charge is 0.477 e. The molecule has 1 fully saturated rings. The van der Waals surface area contributed by atoms with Gasteiger partial charge in [-0.05, 0) is 84.1 Å². The molecule has 6 rings (SSSR count). The molecule has 3 amide bonds. The van der Waals surface area contributed by atoms with E-state index >= 15 is 0 Å². The first kappa shape index (κ1) is 31.1. The van der Waals surface area contributed by atoms with Crippen LogP contribution in [-0.4, -0.2) is 71.9 Å². The molecule has 242 valence electrons. The molecule has 4 aromatic rings. The highest BCUT2D eigenvalue weighted by atomic mass is 16.6. The highest BCUT2D eigenvalue weighted by Crippen LogP contribution is 2.32. The number of likely N-dealkylation sites (tertiary alicyclic amines) is 1. The van der Waals surface area contributed by atoms with E-state index in [-0.39, 0.29) is 11.8 Å². The Labute approximate surface area is 267 Å². The molecular weight excluding hydrogens is 588 g/mol. The fourth-order valence-corrected chi connectivity index (χ4v) is 6.00. The molecule has 3 aromatic heterocycles. The Morgan fingerprint density at radius 2 is 1.91 bits per heavy atom. The van der Waals surface area contributed by atoms with Crippen molar-refractivity contribution < 1.29 is 23.9 Å². The molecule has 0 saturated carbocycles. The average Bonchev–Trinajstić information content (AvgIpc) is 3.71. The van der Waals surface area contributed by atoms with Crippen molar-refractivity contribution in [2.75, 3.05) is 23.8 Å². The smallest absolute Gasteiger partial charge is 0.410 e. The number of hydrogen-bond acceptors (Lipinski definition) is 8. The number of pyridine rings is 1. The predicted octanol–water partition coefficient (Wildman–Crippen LogP) is 5.29. The molecule has 46 heavy (non-hydrogen) atoms. The number of ether oxygens (including phenoxy) is 2. The maximum absolute atomic E-state index is 13.7. The number of aromatic nitrogens is 5. The predicted molar refractivity (Wildman–Crippen MR) is 173 cm³/mol. The fraction of sp³-hybridized carbons (Fsp3) is 0.455. The van der Waals surface area contributed by atoms with Gasteiger partial charge in [0.05, 0.1) is 40.8 Å². The molecule has 2 aliphatic heterocycles. The van der Waals surface area contributed by atoms with Crippen molar-refractivity contribution in [1.29, 1.82) is 0 Å². The topological polar surface area (TPSA) is 145 Å². The Morgan fingerprint density at radius 3 is 2.72 bits per heavy atom. The summed E-state index contributed by atoms with van der Waals surface area (Å²) in [6.45, 7) is 8.75. The minimum Gasteiger partial charge on any atom is -0.477 e. The molecule has 1 saturated heterocycles. The first-order chi connectivity index (χ1) is 22.0. The Hall–Kier alpha value is -4.94. The summed E-state index contributed by atoms with van der Waals surface area (Å²) in [7, 11) is 1.82. The highest BCUT2D eigenvalue weighted by molar-refractivity contribution is 6.07. The van der Waals surface area contributed by atoms with Gasteiger partial charge in [-0.25, -0.2) is 14.5 Å². The van der Waals surface area contributed by atoms with Crippen LogP contribution in [0.4, 0.5) is 16.4 Å². The molecule has 1 atom stereocenters. The molecule has 13 nitrogen and oxygen atoms in total. The SMILES string of the molecule is Cc1cc2cc(n1)-c1cnn(C)c1OCCCCCn1c(nc3cccc(NC(=O)C4CCCN4C(=O)OC(C)(C)C)c31)NC2=O. The van der Waals surface area contributed by atoms with E-state index in [0.717, 1.165) is 24.8 Å². The van der Waals surface area contributed by atoms with Crippen LogP contribution in [-0.2, 0) is 23.1 Å². The Kier molecular flexibility index (Phi) is 8.41. The second-order valence-electron chi connectivity index (χ2n) is 12.8. The molecule has 0 aliphatic carbocycles. The number of hydrogen-bond donors (Lipinski definition) is 2. The summed E-state index contributed by atoms with van der Waals surface area (Å²) in [6.07, 6.45) is 4.88. The van der Waals surface area contributed by atoms with Gasteiger partial charge in [0.2, 0.25) is 17.7 Å². The van der Waals surface area contributed by atoms with Crippen molar-refractivity contribution in [3.63, 3.8) is 0 Å². The minimum absolute atomic E-state index is 0.293. The maximum atomic E-state index is 13.7. The lowest BCUT2D eigenvalue weighted by Gasteiger charge is -2.28. The van der Waals surface area contributed by atoms with Crippen LogP contribution in [0.2, 0.25) is 0 Å². The van der Waals surface area contributed by atoms with Crippen LogP contribution in [0, 0.1) is 6.92 Å². The average molecular weight is 629 g/mol. The van der Waals surface area contributed by atoms with Crippen LogP contribution in [0.5, 0.6) is 5.88 Å². The number of amides is 3. The third-order valence-corrected chi connectivity index (χ3v) is 8.07. The van der Waals surface area contributed by atoms with E-state index in [2.05, 4.69) is 20.7 Å². The number of para-hydroxylation sites is 1. The van der Waals surface area contributed by atoms with Crippen LogP contribution in [0.1, 0.15) is 68.9 Å². The van der Waals surface area contributed by atoms with Gasteiger partial charge in [0.25, 0.3) is 5.91 Å². The molecule has 1 unspecified atom stereocenters. The number of aryl methyl sites for hydroxylation is 3. The standard InChI is InChI=1S/C33H40N8O5/c1-20-17-21-18-25(35-20)22-19-34-39(5)30(22)45-16-8-6-7-14-41-27-23(11-9-12-24(27)37-31(41)38-28(21)42)36-29(43)26-13-10-15-40(26)32(44)46-33(2,3)4/h9,11-12,17-19,26H,6-8,10,13-16H2,1-5H3,(H,36,43)(H,37,38,42). The summed E-state index contributed by atoms with van der Waals surface area (Å²) in [4.78, 5) is 51.1. The number of carbonyl (C=O) groups excluding carboxylic acids is 3. The Morgan fingerprint density at radius 1 is 1.09 bits per heavy atom. The zero-order valence-corrected chi connectivity index (χ0v) is 26.9. The van der Waals surface area contributed by atoms with Gasteiger partial charge in [-0.15, -0.1) is 0 Å². The van der Waals surface area contributed by atoms with Crippen molar-refractivity contribution in [2.45, 2.75) is 78.0 Å². The zero-order valence-electron chi connectivity index (χ0n) is 26.9. The third kappa shape index (κ3) is 6.40. The van der Waals surface area contributed by atoms with E-state index in [1.165, 1.54) is 4.90 Å². The quantitative estimate of drug-likeness (QED) is 0.305. The molecule has 0 radical (unpaired) electrons. The van der Waals surface area contributed by atoms with Crippen LogP contribution < -0.4 is 15.4 Å². The summed E-state index contributed by atoms with van der Waals surface area (Å²) < 4.78 is 15.3. The normalized spacial score (nSPS) is 17.3. The first-order valence-corrected chi connectivity index (χ1v) is 15.7. The molecule has 2 bridgehead atoms. The number of imidazole rings is 1. The summed E-state index contributed by atoms with van der Waals surface area (Å²) in [5.74, 6) is 0.348. The maximum Gasteiger partial charge on any atom is 0.410 e. The number of anilines is 2. The number of nitrogens with zero attached hydrogens (tertiary/aromatic N) is 6. The number of fused-ring (bicyclic) bond motifs is 7. The van der Waals surface area contributed by atoms with E-state index in [0.29, 0.717) is 78.0 Å². The summed E-state index contributed by atoms with van der Waals surface area (Å²) in [5.41, 5.74) is 3.61. The van der Waals surface area contributed by atoms with Crippen LogP contribution >= 0.6 is 0 Å². The van der Waals surface area contributed by atoms with E-state index < -0.39 is 17.7 Å². The molecular formula is C33H40N8O5. The van der Waals surface area contributed by atoms with E-state index in [1.807, 2.05) is 36.7 Å². The number of rotatable bonds is 2. The number of benzene rings is 1. The van der Waals surface area contributed by atoms with E-state index in [1.54, 1.807) is 43.8 Å². The van der Waals surface area contributed by atoms with Gasteiger partial charge < -0.3 is 19.4 Å². The second kappa shape index (κ2) is 12.5. The summed E-state index contributed by atoms with van der Waals surface area (Å²) in [5, 5.41) is 10.4. The van der Waals surface area contributed by atoms with Crippen molar-refractivity contribution >= 4 is 40.6 Å². The Bertz CT molecular complexity index is 1800. The van der Waals surface area contributed by atoms with Gasteiger partial charge in [-0.3, -0.25) is 24.8 Å². The van der Waals surface area contributed by atoms with E-state index in [9.17, 15) is 14.4 Å². The lowest BCUT2D eigenvalue weighted by molar-refractivity contribution is -0.120. The highest BCUT2D eigenvalue weighted by Gasteiger charge is 2.37. The summed E-state index contributed by atoms with van der Waals surface area (Å²) in [6, 6.07) is 8.28. The Balaban J connectivity index is 1.33. The zero-order chi connectivity index (χ0) is 32.6. The number of nitrogens with one attached hydrogen (secondary N) is 2. The van der Waals surface area contributed by atoms with E-state index in [4.69, 9.17) is 14.5 Å². The van der Waals surface area contributed by atoms with Crippen molar-refractivity contribution in [1.82, 2.24) is 29.2 Å². The van der Waals surface area contributed by atoms with Gasteiger partial charge >= 0.3 is 6.09 Å². The molecule has 0 spiro atoms.